The molecule has 0 aromatic rings. The van der Waals surface area contributed by atoms with E-state index in [2.05, 4.69) is 27.5 Å². The maximum Gasteiger partial charge on any atom is 0.0679 e. The third-order valence-electron chi connectivity index (χ3n) is 3.31. The molecule has 0 unspecified atom stereocenters. The van der Waals surface area contributed by atoms with Gasteiger partial charge in [-0.1, -0.05) is 35.4 Å². The Balaban J connectivity index is 1.91. The highest BCUT2D eigenvalue weighted by molar-refractivity contribution is 14.1. The molecule has 3 heteroatoms. The summed E-state index contributed by atoms with van der Waals surface area (Å²) in [4.78, 5) is 2.50. The van der Waals surface area contributed by atoms with Crippen LogP contribution in [0.1, 0.15) is 32.1 Å². The van der Waals surface area contributed by atoms with E-state index < -0.39 is 0 Å². The summed E-state index contributed by atoms with van der Waals surface area (Å²) in [5.41, 5.74) is 0. The molecule has 3 atom stereocenters. The summed E-state index contributed by atoms with van der Waals surface area (Å²) in [6.45, 7) is 2.04. The van der Waals surface area contributed by atoms with Crippen LogP contribution in [0.2, 0.25) is 0 Å². The van der Waals surface area contributed by atoms with E-state index in [1.165, 1.54) is 25.7 Å². The lowest BCUT2D eigenvalue weighted by Crippen LogP contribution is -2.42. The highest BCUT2D eigenvalue weighted by Gasteiger charge is 2.32. The number of aliphatic hydroxyl groups excluding tert-OH is 1. The lowest BCUT2D eigenvalue weighted by Gasteiger charge is -2.34. The minimum absolute atomic E-state index is 0.0504. The maximum absolute atomic E-state index is 9.47. The van der Waals surface area contributed by atoms with Crippen LogP contribution in [0.25, 0.3) is 0 Å². The molecule has 1 heterocycles. The molecule has 1 aliphatic heterocycles. The number of hydrogen-bond donors (Lipinski definition) is 1. The zero-order valence-corrected chi connectivity index (χ0v) is 10.1. The molecular weight excluding hydrogens is 277 g/mol. The maximum atomic E-state index is 9.47. The summed E-state index contributed by atoms with van der Waals surface area (Å²) in [6, 6.07) is 0.756. The Hall–Kier alpha value is 0.650. The van der Waals surface area contributed by atoms with Crippen LogP contribution in [0, 0.1) is 0 Å². The third-order valence-corrected chi connectivity index (χ3v) is 4.76. The van der Waals surface area contributed by atoms with Crippen molar-refractivity contribution in [2.45, 2.75) is 48.2 Å². The van der Waals surface area contributed by atoms with Gasteiger partial charge in [0.1, 0.15) is 0 Å². The van der Waals surface area contributed by atoms with E-state index in [0.717, 1.165) is 29.5 Å². The van der Waals surface area contributed by atoms with Crippen LogP contribution >= 0.6 is 22.6 Å². The van der Waals surface area contributed by atoms with E-state index in [-0.39, 0.29) is 6.10 Å². The molecule has 2 nitrogen and oxygen atoms in total. The van der Waals surface area contributed by atoms with Crippen molar-refractivity contribution in [2.24, 2.45) is 0 Å². The number of halogens is 1. The molecule has 13 heavy (non-hydrogen) atoms. The fourth-order valence-corrected chi connectivity index (χ4v) is 3.80. The van der Waals surface area contributed by atoms with Gasteiger partial charge in [-0.05, 0) is 19.3 Å². The van der Waals surface area contributed by atoms with Crippen LogP contribution in [0.3, 0.4) is 0 Å². The van der Waals surface area contributed by atoms with Crippen molar-refractivity contribution in [1.82, 2.24) is 4.90 Å². The van der Waals surface area contributed by atoms with Gasteiger partial charge >= 0.3 is 0 Å². The first-order valence-electron chi connectivity index (χ1n) is 5.33. The highest BCUT2D eigenvalue weighted by atomic mass is 127. The number of aliphatic hydroxyl groups is 1. The number of hydrogen-bond acceptors (Lipinski definition) is 2. The van der Waals surface area contributed by atoms with Crippen molar-refractivity contribution < 1.29 is 5.11 Å². The summed E-state index contributed by atoms with van der Waals surface area (Å²) in [5, 5.41) is 9.47. The first-order chi connectivity index (χ1) is 6.27. The van der Waals surface area contributed by atoms with Gasteiger partial charge in [0.15, 0.2) is 0 Å². The second-order valence-corrected chi connectivity index (χ2v) is 5.91. The average Bonchev–Trinajstić information content (AvgIpc) is 2.53. The molecule has 1 saturated carbocycles. The predicted molar refractivity (Wildman–Crippen MR) is 62.3 cm³/mol. The fraction of sp³-hybridized carbons (Fsp3) is 1.00. The molecule has 0 amide bonds. The lowest BCUT2D eigenvalue weighted by molar-refractivity contribution is 0.147. The molecular formula is C10H18INO. The second kappa shape index (κ2) is 4.45. The lowest BCUT2D eigenvalue weighted by atomic mass is 9.94. The molecule has 76 valence electrons. The molecule has 1 saturated heterocycles. The summed E-state index contributed by atoms with van der Waals surface area (Å²) in [6.07, 6.45) is 6.44. The van der Waals surface area contributed by atoms with Gasteiger partial charge in [0.05, 0.1) is 6.10 Å². The van der Waals surface area contributed by atoms with Crippen LogP contribution in [-0.4, -0.2) is 39.2 Å². The molecule has 0 spiro atoms. The van der Waals surface area contributed by atoms with Crippen molar-refractivity contribution in [2.75, 3.05) is 13.1 Å². The molecule has 2 fully saturated rings. The van der Waals surface area contributed by atoms with Crippen molar-refractivity contribution in [1.29, 1.82) is 0 Å². The van der Waals surface area contributed by atoms with Crippen molar-refractivity contribution >= 4 is 22.6 Å². The molecule has 0 radical (unpaired) electrons. The summed E-state index contributed by atoms with van der Waals surface area (Å²) in [7, 11) is 0. The van der Waals surface area contributed by atoms with Gasteiger partial charge in [-0.3, -0.25) is 4.90 Å². The molecule has 2 rings (SSSR count). The number of alkyl halides is 1. The van der Waals surface area contributed by atoms with E-state index in [1.54, 1.807) is 0 Å². The summed E-state index contributed by atoms with van der Waals surface area (Å²) < 4.78 is 0.816. The number of nitrogens with zero attached hydrogens (tertiary/aromatic N) is 1. The van der Waals surface area contributed by atoms with E-state index in [1.807, 2.05) is 0 Å². The molecule has 1 aliphatic carbocycles. The fourth-order valence-electron chi connectivity index (χ4n) is 2.55. The normalized spacial score (nSPS) is 42.5. The number of likely N-dealkylation sites (tertiary alicyclic amines) is 1. The Morgan fingerprint density at radius 2 is 1.92 bits per heavy atom. The monoisotopic (exact) mass is 295 g/mol. The SMILES string of the molecule is O[C@H]1CCN([C@H]2CCCC[C@@H]2I)C1. The van der Waals surface area contributed by atoms with Crippen LogP contribution in [0.5, 0.6) is 0 Å². The van der Waals surface area contributed by atoms with E-state index in [9.17, 15) is 5.11 Å². The van der Waals surface area contributed by atoms with Gasteiger partial charge in [-0.15, -0.1) is 0 Å². The third kappa shape index (κ3) is 2.36. The average molecular weight is 295 g/mol. The molecule has 0 bridgehead atoms. The Morgan fingerprint density at radius 3 is 2.54 bits per heavy atom. The Labute approximate surface area is 93.8 Å². The van der Waals surface area contributed by atoms with Crippen molar-refractivity contribution in [3.05, 3.63) is 0 Å². The predicted octanol–water partition coefficient (Wildman–Crippen LogP) is 1.80. The summed E-state index contributed by atoms with van der Waals surface area (Å²) >= 11 is 2.59. The van der Waals surface area contributed by atoms with Gasteiger partial charge in [-0.25, -0.2) is 0 Å². The Morgan fingerprint density at radius 1 is 1.15 bits per heavy atom. The molecule has 2 aliphatic rings. The van der Waals surface area contributed by atoms with E-state index in [0.29, 0.717) is 0 Å². The van der Waals surface area contributed by atoms with Gasteiger partial charge in [0.2, 0.25) is 0 Å². The van der Waals surface area contributed by atoms with Crippen molar-refractivity contribution in [3.8, 4) is 0 Å². The quantitative estimate of drug-likeness (QED) is 0.589. The molecule has 0 aromatic heterocycles. The number of rotatable bonds is 1. The minimum Gasteiger partial charge on any atom is -0.392 e. The van der Waals surface area contributed by atoms with Gasteiger partial charge < -0.3 is 5.11 Å². The van der Waals surface area contributed by atoms with Gasteiger partial charge in [-0.2, -0.15) is 0 Å². The zero-order chi connectivity index (χ0) is 9.26. The van der Waals surface area contributed by atoms with E-state index >= 15 is 0 Å². The zero-order valence-electron chi connectivity index (χ0n) is 7.95. The Bertz CT molecular complexity index is 176. The first-order valence-corrected chi connectivity index (χ1v) is 6.58. The van der Waals surface area contributed by atoms with Crippen molar-refractivity contribution in [3.63, 3.8) is 0 Å². The smallest absolute Gasteiger partial charge is 0.0679 e. The van der Waals surface area contributed by atoms with E-state index in [4.69, 9.17) is 0 Å². The van der Waals surface area contributed by atoms with Gasteiger partial charge in [0.25, 0.3) is 0 Å². The standard InChI is InChI=1S/C10H18INO/c11-9-3-1-2-4-10(9)12-6-5-8(13)7-12/h8-10,13H,1-7H2/t8-,9-,10-/m0/s1. The highest BCUT2D eigenvalue weighted by Crippen LogP contribution is 2.30. The second-order valence-electron chi connectivity index (χ2n) is 4.31. The van der Waals surface area contributed by atoms with Crippen LogP contribution in [-0.2, 0) is 0 Å². The first kappa shape index (κ1) is 10.2. The van der Waals surface area contributed by atoms with Gasteiger partial charge in [0, 0.05) is 23.1 Å². The topological polar surface area (TPSA) is 23.5 Å². The van der Waals surface area contributed by atoms with Crippen LogP contribution in [0.15, 0.2) is 0 Å². The molecule has 0 aromatic carbocycles. The number of β-amino-alcohol motifs (C(OH)–C–C–N with tert-alkyl or cyclic N) is 1. The van der Waals surface area contributed by atoms with Crippen LogP contribution < -0.4 is 0 Å². The molecule has 1 N–H and O–H groups in total. The largest absolute Gasteiger partial charge is 0.392 e. The summed E-state index contributed by atoms with van der Waals surface area (Å²) in [5.74, 6) is 0. The van der Waals surface area contributed by atoms with Crippen LogP contribution in [0.4, 0.5) is 0 Å². The Kier molecular flexibility index (Phi) is 3.48. The minimum atomic E-state index is -0.0504.